The number of rotatable bonds is 5. The highest BCUT2D eigenvalue weighted by Gasteiger charge is 2.25. The van der Waals surface area contributed by atoms with Crippen molar-refractivity contribution in [2.24, 2.45) is 11.3 Å². The Balaban J connectivity index is 2.85. The summed E-state index contributed by atoms with van der Waals surface area (Å²) >= 11 is 3.51. The van der Waals surface area contributed by atoms with Crippen molar-refractivity contribution in [2.75, 3.05) is 13.1 Å². The second kappa shape index (κ2) is 6.67. The summed E-state index contributed by atoms with van der Waals surface area (Å²) in [6.07, 6.45) is 0.884. The van der Waals surface area contributed by atoms with Gasteiger partial charge in [-0.2, -0.15) is 0 Å². The molecule has 0 aliphatic carbocycles. The number of hydrogen-bond donors (Lipinski definition) is 1. The molecule has 0 heterocycles. The third-order valence-electron chi connectivity index (χ3n) is 3.34. The molecule has 0 fully saturated rings. The van der Waals surface area contributed by atoms with Gasteiger partial charge in [-0.05, 0) is 54.6 Å². The van der Waals surface area contributed by atoms with Gasteiger partial charge >= 0.3 is 0 Å². The van der Waals surface area contributed by atoms with Crippen LogP contribution in [0.25, 0.3) is 0 Å². The number of halogens is 2. The minimum Gasteiger partial charge on any atom is -0.317 e. The first-order valence-corrected chi connectivity index (χ1v) is 7.28. The zero-order chi connectivity index (χ0) is 13.8. The van der Waals surface area contributed by atoms with Gasteiger partial charge in [0.1, 0.15) is 5.82 Å². The third-order valence-corrected chi connectivity index (χ3v) is 4.11. The summed E-state index contributed by atoms with van der Waals surface area (Å²) in [7, 11) is 0. The normalized spacial score (nSPS) is 13.7. The zero-order valence-corrected chi connectivity index (χ0v) is 13.3. The van der Waals surface area contributed by atoms with Crippen LogP contribution in [-0.4, -0.2) is 13.1 Å². The quantitative estimate of drug-likeness (QED) is 0.849. The average molecular weight is 316 g/mol. The van der Waals surface area contributed by atoms with Crippen LogP contribution in [0.1, 0.15) is 33.3 Å². The van der Waals surface area contributed by atoms with E-state index in [0.29, 0.717) is 5.92 Å². The van der Waals surface area contributed by atoms with E-state index in [1.54, 1.807) is 12.1 Å². The highest BCUT2D eigenvalue weighted by atomic mass is 79.9. The molecule has 0 aliphatic rings. The van der Waals surface area contributed by atoms with Gasteiger partial charge in [0.15, 0.2) is 0 Å². The molecule has 1 unspecified atom stereocenters. The highest BCUT2D eigenvalue weighted by molar-refractivity contribution is 9.10. The fourth-order valence-corrected chi connectivity index (χ4v) is 2.38. The molecule has 0 amide bonds. The van der Waals surface area contributed by atoms with Crippen molar-refractivity contribution < 1.29 is 4.39 Å². The van der Waals surface area contributed by atoms with Crippen LogP contribution in [0.3, 0.4) is 0 Å². The first kappa shape index (κ1) is 15.6. The largest absolute Gasteiger partial charge is 0.317 e. The molecule has 3 heteroatoms. The average Bonchev–Trinajstić information content (AvgIpc) is 2.27. The van der Waals surface area contributed by atoms with Crippen LogP contribution in [0.5, 0.6) is 0 Å². The van der Waals surface area contributed by atoms with E-state index < -0.39 is 0 Å². The Bertz CT molecular complexity index is 385. The maximum absolute atomic E-state index is 13.3. The highest BCUT2D eigenvalue weighted by Crippen LogP contribution is 2.31. The summed E-state index contributed by atoms with van der Waals surface area (Å²) in [5.74, 6) is 0.319. The van der Waals surface area contributed by atoms with Gasteiger partial charge in [0.05, 0.1) is 0 Å². The summed E-state index contributed by atoms with van der Waals surface area (Å²) in [4.78, 5) is 0. The fourth-order valence-electron chi connectivity index (χ4n) is 1.97. The molecule has 18 heavy (non-hydrogen) atoms. The zero-order valence-electron chi connectivity index (χ0n) is 11.7. The van der Waals surface area contributed by atoms with Gasteiger partial charge in [0.2, 0.25) is 0 Å². The van der Waals surface area contributed by atoms with Crippen molar-refractivity contribution in [1.29, 1.82) is 0 Å². The third kappa shape index (κ3) is 4.69. The van der Waals surface area contributed by atoms with E-state index in [1.165, 1.54) is 6.07 Å². The lowest BCUT2D eigenvalue weighted by Gasteiger charge is -2.31. The van der Waals surface area contributed by atoms with Gasteiger partial charge in [0, 0.05) is 4.47 Å². The number of benzene rings is 1. The molecule has 1 atom stereocenters. The SMILES string of the molecule is CCNCC(Cc1cc(F)ccc1Br)C(C)(C)C. The van der Waals surface area contributed by atoms with Gasteiger partial charge in [-0.1, -0.05) is 43.6 Å². The molecule has 1 N–H and O–H groups in total. The van der Waals surface area contributed by atoms with E-state index in [4.69, 9.17) is 0 Å². The molecule has 1 nitrogen and oxygen atoms in total. The van der Waals surface area contributed by atoms with Crippen molar-refractivity contribution in [2.45, 2.75) is 34.1 Å². The topological polar surface area (TPSA) is 12.0 Å². The van der Waals surface area contributed by atoms with Crippen molar-refractivity contribution in [3.8, 4) is 0 Å². The minimum atomic E-state index is -0.163. The Morgan fingerprint density at radius 2 is 2.00 bits per heavy atom. The van der Waals surface area contributed by atoms with Crippen molar-refractivity contribution in [1.82, 2.24) is 5.32 Å². The summed E-state index contributed by atoms with van der Waals surface area (Å²) in [5.41, 5.74) is 1.25. The second-order valence-electron chi connectivity index (χ2n) is 5.81. The van der Waals surface area contributed by atoms with Gasteiger partial charge in [-0.3, -0.25) is 0 Å². The Morgan fingerprint density at radius 3 is 2.56 bits per heavy atom. The monoisotopic (exact) mass is 315 g/mol. The molecule has 102 valence electrons. The van der Waals surface area contributed by atoms with Crippen LogP contribution in [0.15, 0.2) is 22.7 Å². The molecule has 1 aromatic rings. The summed E-state index contributed by atoms with van der Waals surface area (Å²) in [6, 6.07) is 4.91. The minimum absolute atomic E-state index is 0.163. The number of nitrogens with one attached hydrogen (secondary N) is 1. The van der Waals surface area contributed by atoms with Crippen LogP contribution >= 0.6 is 15.9 Å². The molecule has 0 bridgehead atoms. The summed E-state index contributed by atoms with van der Waals surface area (Å²) in [6.45, 7) is 10.8. The molecule has 0 aromatic heterocycles. The second-order valence-corrected chi connectivity index (χ2v) is 6.66. The Morgan fingerprint density at radius 1 is 1.33 bits per heavy atom. The summed E-state index contributed by atoms with van der Waals surface area (Å²) < 4.78 is 14.3. The maximum Gasteiger partial charge on any atom is 0.123 e. The maximum atomic E-state index is 13.3. The van der Waals surface area contributed by atoms with Gasteiger partial charge in [-0.15, -0.1) is 0 Å². The van der Waals surface area contributed by atoms with E-state index in [0.717, 1.165) is 29.5 Å². The molecule has 0 spiro atoms. The van der Waals surface area contributed by atoms with Crippen molar-refractivity contribution >= 4 is 15.9 Å². The molecule has 0 radical (unpaired) electrons. The van der Waals surface area contributed by atoms with E-state index in [1.807, 2.05) is 0 Å². The first-order chi connectivity index (χ1) is 8.34. The van der Waals surface area contributed by atoms with Crippen LogP contribution in [0, 0.1) is 17.2 Å². The molecule has 1 aromatic carbocycles. The predicted molar refractivity (Wildman–Crippen MR) is 79.3 cm³/mol. The standard InChI is InChI=1S/C15H23BrFN/c1-5-18-10-12(15(2,3)4)8-11-9-13(17)6-7-14(11)16/h6-7,9,12,18H,5,8,10H2,1-4H3. The smallest absolute Gasteiger partial charge is 0.123 e. The lowest BCUT2D eigenvalue weighted by Crippen LogP contribution is -2.33. The fraction of sp³-hybridized carbons (Fsp3) is 0.600. The summed E-state index contributed by atoms with van der Waals surface area (Å²) in [5, 5.41) is 3.40. The Hall–Kier alpha value is -0.410. The number of hydrogen-bond acceptors (Lipinski definition) is 1. The molecular formula is C15H23BrFN. The lowest BCUT2D eigenvalue weighted by molar-refractivity contribution is 0.231. The van der Waals surface area contributed by atoms with Crippen molar-refractivity contribution in [3.05, 3.63) is 34.1 Å². The Labute approximate surface area is 118 Å². The van der Waals surface area contributed by atoms with Gasteiger partial charge in [0.25, 0.3) is 0 Å². The van der Waals surface area contributed by atoms with E-state index in [-0.39, 0.29) is 11.2 Å². The lowest BCUT2D eigenvalue weighted by atomic mass is 9.77. The van der Waals surface area contributed by atoms with Gasteiger partial charge in [-0.25, -0.2) is 4.39 Å². The first-order valence-electron chi connectivity index (χ1n) is 6.49. The van der Waals surface area contributed by atoms with Crippen molar-refractivity contribution in [3.63, 3.8) is 0 Å². The van der Waals surface area contributed by atoms with E-state index >= 15 is 0 Å². The van der Waals surface area contributed by atoms with E-state index in [9.17, 15) is 4.39 Å². The van der Waals surface area contributed by atoms with Crippen LogP contribution in [0.2, 0.25) is 0 Å². The van der Waals surface area contributed by atoms with Gasteiger partial charge < -0.3 is 5.32 Å². The Kier molecular flexibility index (Phi) is 5.80. The van der Waals surface area contributed by atoms with Crippen LogP contribution < -0.4 is 5.32 Å². The molecular weight excluding hydrogens is 293 g/mol. The van der Waals surface area contributed by atoms with Crippen LogP contribution in [0.4, 0.5) is 4.39 Å². The molecule has 0 aliphatic heterocycles. The van der Waals surface area contributed by atoms with E-state index in [2.05, 4.69) is 48.9 Å². The van der Waals surface area contributed by atoms with Crippen LogP contribution in [-0.2, 0) is 6.42 Å². The molecule has 0 saturated heterocycles. The molecule has 0 saturated carbocycles. The molecule has 1 rings (SSSR count). The predicted octanol–water partition coefficient (Wildman–Crippen LogP) is 4.40.